The smallest absolute Gasteiger partial charge is 0.326 e. The number of rotatable bonds is 4. The molecule has 1 aliphatic rings. The third-order valence-electron chi connectivity index (χ3n) is 3.29. The molecular weight excluding hydrogens is 264 g/mol. The van der Waals surface area contributed by atoms with Crippen molar-refractivity contribution >= 4 is 23.3 Å². The van der Waals surface area contributed by atoms with Gasteiger partial charge in [0, 0.05) is 12.6 Å². The molecule has 2 N–H and O–H groups in total. The third kappa shape index (κ3) is 3.47. The standard InChI is InChI=1S/C13H18N2O3S/c1-9(7-10-4-6-19-8-10)14-13(18)15-5-2-3-11(15)12(16)17/h4,6,8-9,11H,2-3,5,7H2,1H3,(H,14,18)(H,16,17)/t9?,11-/m1/s1. The Labute approximate surface area is 116 Å². The van der Waals surface area contributed by atoms with Crippen LogP contribution in [0.25, 0.3) is 0 Å². The number of carbonyl (C=O) groups excluding carboxylic acids is 1. The third-order valence-corrected chi connectivity index (χ3v) is 4.02. The van der Waals surface area contributed by atoms with E-state index in [0.717, 1.165) is 12.8 Å². The van der Waals surface area contributed by atoms with Gasteiger partial charge < -0.3 is 15.3 Å². The Morgan fingerprint density at radius 2 is 2.42 bits per heavy atom. The van der Waals surface area contributed by atoms with Crippen molar-refractivity contribution < 1.29 is 14.7 Å². The van der Waals surface area contributed by atoms with Gasteiger partial charge in [-0.05, 0) is 48.6 Å². The lowest BCUT2D eigenvalue weighted by Crippen LogP contribution is -2.48. The zero-order valence-electron chi connectivity index (χ0n) is 10.8. The lowest BCUT2D eigenvalue weighted by molar-refractivity contribution is -0.141. The van der Waals surface area contributed by atoms with E-state index in [2.05, 4.69) is 10.7 Å². The molecule has 2 rings (SSSR count). The Kier molecular flexibility index (Phi) is 4.42. The zero-order valence-corrected chi connectivity index (χ0v) is 11.7. The number of aliphatic carboxylic acids is 1. The number of carboxylic acids is 1. The Morgan fingerprint density at radius 1 is 1.63 bits per heavy atom. The summed E-state index contributed by atoms with van der Waals surface area (Å²) < 4.78 is 0. The molecule has 5 nitrogen and oxygen atoms in total. The number of thiophene rings is 1. The summed E-state index contributed by atoms with van der Waals surface area (Å²) >= 11 is 1.63. The molecule has 0 spiro atoms. The molecule has 1 fully saturated rings. The number of carboxylic acid groups (broad SMARTS) is 1. The maximum absolute atomic E-state index is 12.1. The van der Waals surface area contributed by atoms with Gasteiger partial charge in [0.05, 0.1) is 0 Å². The summed E-state index contributed by atoms with van der Waals surface area (Å²) in [5.41, 5.74) is 1.19. The molecule has 1 saturated heterocycles. The van der Waals surface area contributed by atoms with Crippen molar-refractivity contribution in [1.82, 2.24) is 10.2 Å². The summed E-state index contributed by atoms with van der Waals surface area (Å²) in [6.45, 7) is 2.45. The summed E-state index contributed by atoms with van der Waals surface area (Å²) in [6, 6.07) is 1.08. The lowest BCUT2D eigenvalue weighted by atomic mass is 10.1. The van der Waals surface area contributed by atoms with Gasteiger partial charge in [-0.2, -0.15) is 11.3 Å². The molecule has 6 heteroatoms. The average Bonchev–Trinajstić information content (AvgIpc) is 2.97. The average molecular weight is 282 g/mol. The minimum atomic E-state index is -0.918. The Hall–Kier alpha value is -1.56. The van der Waals surface area contributed by atoms with Gasteiger partial charge in [0.2, 0.25) is 0 Å². The van der Waals surface area contributed by atoms with Gasteiger partial charge >= 0.3 is 12.0 Å². The van der Waals surface area contributed by atoms with Crippen molar-refractivity contribution in [2.24, 2.45) is 0 Å². The van der Waals surface area contributed by atoms with Crippen LogP contribution < -0.4 is 5.32 Å². The van der Waals surface area contributed by atoms with Crippen LogP contribution in [0.4, 0.5) is 4.79 Å². The molecule has 1 aromatic heterocycles. The largest absolute Gasteiger partial charge is 0.480 e. The maximum atomic E-state index is 12.1. The first-order valence-electron chi connectivity index (χ1n) is 6.39. The highest BCUT2D eigenvalue weighted by molar-refractivity contribution is 7.07. The monoisotopic (exact) mass is 282 g/mol. The van der Waals surface area contributed by atoms with Crippen molar-refractivity contribution in [2.75, 3.05) is 6.54 Å². The topological polar surface area (TPSA) is 69.6 Å². The Bertz CT molecular complexity index is 447. The minimum Gasteiger partial charge on any atom is -0.480 e. The van der Waals surface area contributed by atoms with E-state index in [1.165, 1.54) is 10.5 Å². The number of amides is 2. The molecule has 1 unspecified atom stereocenters. The number of carbonyl (C=O) groups is 2. The molecule has 0 aromatic carbocycles. The molecule has 2 heterocycles. The predicted octanol–water partition coefficient (Wildman–Crippen LogP) is 1.94. The minimum absolute atomic E-state index is 0.00264. The highest BCUT2D eigenvalue weighted by Gasteiger charge is 2.34. The fourth-order valence-electron chi connectivity index (χ4n) is 2.37. The van der Waals surface area contributed by atoms with Crippen LogP contribution in [0.15, 0.2) is 16.8 Å². The number of hydrogen-bond acceptors (Lipinski definition) is 3. The summed E-state index contributed by atoms with van der Waals surface area (Å²) in [5.74, 6) is -0.918. The Balaban J connectivity index is 1.88. The number of likely N-dealkylation sites (tertiary alicyclic amines) is 1. The SMILES string of the molecule is CC(Cc1ccsc1)NC(=O)N1CCC[C@@H]1C(=O)O. The van der Waals surface area contributed by atoms with Gasteiger partial charge in [-0.15, -0.1) is 0 Å². The van der Waals surface area contributed by atoms with Gasteiger partial charge in [-0.1, -0.05) is 0 Å². The van der Waals surface area contributed by atoms with Crippen LogP contribution in [-0.4, -0.2) is 40.6 Å². The second-order valence-electron chi connectivity index (χ2n) is 4.88. The Morgan fingerprint density at radius 3 is 3.05 bits per heavy atom. The maximum Gasteiger partial charge on any atom is 0.326 e. The van der Waals surface area contributed by atoms with E-state index in [0.29, 0.717) is 13.0 Å². The molecule has 0 radical (unpaired) electrons. The van der Waals surface area contributed by atoms with Crippen molar-refractivity contribution in [3.8, 4) is 0 Å². The van der Waals surface area contributed by atoms with E-state index in [-0.39, 0.29) is 12.1 Å². The van der Waals surface area contributed by atoms with E-state index in [4.69, 9.17) is 5.11 Å². The van der Waals surface area contributed by atoms with Gasteiger partial charge in [0.15, 0.2) is 0 Å². The highest BCUT2D eigenvalue weighted by Crippen LogP contribution is 2.17. The second-order valence-corrected chi connectivity index (χ2v) is 5.66. The van der Waals surface area contributed by atoms with Crippen LogP contribution in [0.1, 0.15) is 25.3 Å². The first kappa shape index (κ1) is 13.9. The van der Waals surface area contributed by atoms with Gasteiger partial charge in [-0.3, -0.25) is 0 Å². The fraction of sp³-hybridized carbons (Fsp3) is 0.538. The highest BCUT2D eigenvalue weighted by atomic mass is 32.1. The molecule has 0 aliphatic carbocycles. The van der Waals surface area contributed by atoms with Gasteiger partial charge in [-0.25, -0.2) is 9.59 Å². The van der Waals surface area contributed by atoms with Crippen LogP contribution in [0.3, 0.4) is 0 Å². The number of nitrogens with one attached hydrogen (secondary N) is 1. The second kappa shape index (κ2) is 6.06. The van der Waals surface area contributed by atoms with Crippen LogP contribution in [0.5, 0.6) is 0 Å². The number of hydrogen-bond donors (Lipinski definition) is 2. The molecule has 19 heavy (non-hydrogen) atoms. The summed E-state index contributed by atoms with van der Waals surface area (Å²) in [6.07, 6.45) is 2.06. The van der Waals surface area contributed by atoms with Crippen molar-refractivity contribution in [3.05, 3.63) is 22.4 Å². The molecule has 0 saturated carbocycles. The van der Waals surface area contributed by atoms with Crippen molar-refractivity contribution in [2.45, 2.75) is 38.3 Å². The molecular formula is C13H18N2O3S. The van der Waals surface area contributed by atoms with Gasteiger partial charge in [0.25, 0.3) is 0 Å². The van der Waals surface area contributed by atoms with Crippen LogP contribution in [0.2, 0.25) is 0 Å². The first-order valence-corrected chi connectivity index (χ1v) is 7.33. The zero-order chi connectivity index (χ0) is 13.8. The fourth-order valence-corrected chi connectivity index (χ4v) is 3.06. The van der Waals surface area contributed by atoms with Crippen molar-refractivity contribution in [3.63, 3.8) is 0 Å². The quantitative estimate of drug-likeness (QED) is 0.886. The summed E-state index contributed by atoms with van der Waals surface area (Å²) in [5, 5.41) is 16.0. The van der Waals surface area contributed by atoms with Crippen molar-refractivity contribution in [1.29, 1.82) is 0 Å². The van der Waals surface area contributed by atoms with Crippen LogP contribution in [0, 0.1) is 0 Å². The summed E-state index contributed by atoms with van der Waals surface area (Å²) in [7, 11) is 0. The molecule has 1 aromatic rings. The van der Waals surface area contributed by atoms with E-state index in [9.17, 15) is 9.59 Å². The molecule has 2 atom stereocenters. The van der Waals surface area contributed by atoms with Crippen LogP contribution in [-0.2, 0) is 11.2 Å². The van der Waals surface area contributed by atoms with E-state index < -0.39 is 12.0 Å². The number of urea groups is 1. The van der Waals surface area contributed by atoms with E-state index in [1.807, 2.05) is 18.4 Å². The first-order chi connectivity index (χ1) is 9.08. The summed E-state index contributed by atoms with van der Waals surface area (Å²) in [4.78, 5) is 24.5. The van der Waals surface area contributed by atoms with E-state index >= 15 is 0 Å². The number of nitrogens with zero attached hydrogens (tertiary/aromatic N) is 1. The van der Waals surface area contributed by atoms with E-state index in [1.54, 1.807) is 11.3 Å². The van der Waals surface area contributed by atoms with Crippen LogP contribution >= 0.6 is 11.3 Å². The molecule has 2 amide bonds. The predicted molar refractivity (Wildman–Crippen MR) is 73.4 cm³/mol. The normalized spacial score (nSPS) is 20.3. The van der Waals surface area contributed by atoms with Gasteiger partial charge in [0.1, 0.15) is 6.04 Å². The lowest BCUT2D eigenvalue weighted by Gasteiger charge is -2.24. The molecule has 0 bridgehead atoms. The molecule has 104 valence electrons. The molecule has 1 aliphatic heterocycles.